The number of hydrogen-bond donors (Lipinski definition) is 1. The number of amides is 1. The smallest absolute Gasteiger partial charge is 0.251 e. The molecule has 1 aromatic heterocycles. The van der Waals surface area contributed by atoms with Gasteiger partial charge in [-0.1, -0.05) is 18.5 Å². The van der Waals surface area contributed by atoms with Crippen molar-refractivity contribution in [1.29, 1.82) is 0 Å². The zero-order valence-corrected chi connectivity index (χ0v) is 13.5. The van der Waals surface area contributed by atoms with E-state index in [2.05, 4.69) is 39.6 Å². The highest BCUT2D eigenvalue weighted by Crippen LogP contribution is 2.23. The molecule has 0 spiro atoms. The Balaban J connectivity index is 2.03. The summed E-state index contributed by atoms with van der Waals surface area (Å²) in [6.45, 7) is 2.68. The minimum absolute atomic E-state index is 0.107. The summed E-state index contributed by atoms with van der Waals surface area (Å²) in [5.41, 5.74) is 1.86. The highest BCUT2D eigenvalue weighted by molar-refractivity contribution is 9.10. The molecule has 0 fully saturated rings. The standard InChI is InChI=1S/C14H13BrClNOS/c1-2-9-5-6-19-13(9)8-17-14(18)10-3-4-11(15)12(16)7-10/h3-7H,2,8H2,1H3,(H,17,18). The summed E-state index contributed by atoms with van der Waals surface area (Å²) >= 11 is 11.0. The molecule has 1 heterocycles. The van der Waals surface area contributed by atoms with Crippen molar-refractivity contribution in [1.82, 2.24) is 5.32 Å². The van der Waals surface area contributed by atoms with Gasteiger partial charge in [-0.25, -0.2) is 0 Å². The molecule has 0 bridgehead atoms. The van der Waals surface area contributed by atoms with Gasteiger partial charge in [0.15, 0.2) is 0 Å². The average molecular weight is 359 g/mol. The van der Waals surface area contributed by atoms with Gasteiger partial charge in [0.2, 0.25) is 0 Å². The zero-order chi connectivity index (χ0) is 13.8. The van der Waals surface area contributed by atoms with Crippen molar-refractivity contribution in [2.45, 2.75) is 19.9 Å². The lowest BCUT2D eigenvalue weighted by atomic mass is 10.2. The molecular weight excluding hydrogens is 346 g/mol. The second-order valence-corrected chi connectivity index (χ2v) is 6.30. The topological polar surface area (TPSA) is 29.1 Å². The van der Waals surface area contributed by atoms with E-state index < -0.39 is 0 Å². The third-order valence-electron chi connectivity index (χ3n) is 2.81. The molecule has 2 nitrogen and oxygen atoms in total. The van der Waals surface area contributed by atoms with Crippen molar-refractivity contribution < 1.29 is 4.79 Å². The third-order valence-corrected chi connectivity index (χ3v) is 5.01. The maximum Gasteiger partial charge on any atom is 0.251 e. The number of carbonyl (C=O) groups excluding carboxylic acids is 1. The highest BCUT2D eigenvalue weighted by Gasteiger charge is 2.09. The van der Waals surface area contributed by atoms with Crippen molar-refractivity contribution in [3.8, 4) is 0 Å². The molecule has 0 atom stereocenters. The van der Waals surface area contributed by atoms with E-state index >= 15 is 0 Å². The Morgan fingerprint density at radius 1 is 1.42 bits per heavy atom. The molecule has 19 heavy (non-hydrogen) atoms. The van der Waals surface area contributed by atoms with E-state index in [9.17, 15) is 4.79 Å². The van der Waals surface area contributed by atoms with E-state index in [-0.39, 0.29) is 5.91 Å². The molecule has 1 N–H and O–H groups in total. The Hall–Kier alpha value is -0.840. The van der Waals surface area contributed by atoms with Crippen LogP contribution in [0.3, 0.4) is 0 Å². The Morgan fingerprint density at radius 3 is 2.89 bits per heavy atom. The quantitative estimate of drug-likeness (QED) is 0.846. The molecule has 2 rings (SSSR count). The summed E-state index contributed by atoms with van der Waals surface area (Å²) in [6.07, 6.45) is 0.985. The average Bonchev–Trinajstić information content (AvgIpc) is 2.86. The molecule has 0 aliphatic rings. The van der Waals surface area contributed by atoms with Crippen LogP contribution in [0.4, 0.5) is 0 Å². The van der Waals surface area contributed by atoms with Gasteiger partial charge in [0, 0.05) is 14.9 Å². The predicted molar refractivity (Wildman–Crippen MR) is 84.0 cm³/mol. The summed E-state index contributed by atoms with van der Waals surface area (Å²) in [5, 5.41) is 5.51. The van der Waals surface area contributed by atoms with Gasteiger partial charge in [-0.2, -0.15) is 0 Å². The number of nitrogens with one attached hydrogen (secondary N) is 1. The lowest BCUT2D eigenvalue weighted by Gasteiger charge is -2.06. The number of hydrogen-bond acceptors (Lipinski definition) is 2. The van der Waals surface area contributed by atoms with Gasteiger partial charge >= 0.3 is 0 Å². The third kappa shape index (κ3) is 3.59. The maximum atomic E-state index is 12.0. The van der Waals surface area contributed by atoms with Crippen LogP contribution in [0.1, 0.15) is 27.7 Å². The highest BCUT2D eigenvalue weighted by atomic mass is 79.9. The zero-order valence-electron chi connectivity index (χ0n) is 10.4. The molecule has 0 aliphatic carbocycles. The predicted octanol–water partition coefficient (Wildman–Crippen LogP) is 4.66. The number of aryl methyl sites for hydroxylation is 1. The van der Waals surface area contributed by atoms with Gasteiger partial charge in [0.25, 0.3) is 5.91 Å². The first kappa shape index (κ1) is 14.6. The fraction of sp³-hybridized carbons (Fsp3) is 0.214. The molecule has 2 aromatic rings. The summed E-state index contributed by atoms with van der Waals surface area (Å²) in [5.74, 6) is -0.107. The molecule has 0 saturated heterocycles. The van der Waals surface area contributed by atoms with Crippen molar-refractivity contribution in [3.63, 3.8) is 0 Å². The van der Waals surface area contributed by atoms with Crippen molar-refractivity contribution in [3.05, 3.63) is 55.1 Å². The minimum atomic E-state index is -0.107. The van der Waals surface area contributed by atoms with E-state index in [1.165, 1.54) is 10.4 Å². The Bertz CT molecular complexity index is 597. The number of carbonyl (C=O) groups is 1. The molecule has 0 radical (unpaired) electrons. The van der Waals surface area contributed by atoms with E-state index in [4.69, 9.17) is 11.6 Å². The Kier molecular flexibility index (Phi) is 5.02. The van der Waals surface area contributed by atoms with Crippen LogP contribution in [-0.2, 0) is 13.0 Å². The fourth-order valence-electron chi connectivity index (χ4n) is 1.74. The monoisotopic (exact) mass is 357 g/mol. The van der Waals surface area contributed by atoms with Gasteiger partial charge < -0.3 is 5.32 Å². The molecule has 1 amide bonds. The van der Waals surface area contributed by atoms with Crippen LogP contribution in [-0.4, -0.2) is 5.91 Å². The Morgan fingerprint density at radius 2 is 2.21 bits per heavy atom. The summed E-state index contributed by atoms with van der Waals surface area (Å²) < 4.78 is 0.789. The van der Waals surface area contributed by atoms with Crippen molar-refractivity contribution in [2.75, 3.05) is 0 Å². The first-order valence-corrected chi connectivity index (χ1v) is 7.95. The van der Waals surface area contributed by atoms with Gasteiger partial charge in [0.1, 0.15) is 0 Å². The van der Waals surface area contributed by atoms with Crippen LogP contribution in [0.2, 0.25) is 5.02 Å². The van der Waals surface area contributed by atoms with Gasteiger partial charge in [-0.3, -0.25) is 4.79 Å². The van der Waals surface area contributed by atoms with Crippen LogP contribution in [0.15, 0.2) is 34.1 Å². The molecule has 0 unspecified atom stereocenters. The summed E-state index contributed by atoms with van der Waals surface area (Å²) in [4.78, 5) is 13.2. The second-order valence-electron chi connectivity index (χ2n) is 4.03. The SMILES string of the molecule is CCc1ccsc1CNC(=O)c1ccc(Br)c(Cl)c1. The van der Waals surface area contributed by atoms with Crippen LogP contribution in [0.25, 0.3) is 0 Å². The van der Waals surface area contributed by atoms with Crippen LogP contribution in [0, 0.1) is 0 Å². The van der Waals surface area contributed by atoms with Crippen LogP contribution < -0.4 is 5.32 Å². The van der Waals surface area contributed by atoms with E-state index in [1.807, 2.05) is 0 Å². The number of rotatable bonds is 4. The number of benzene rings is 1. The van der Waals surface area contributed by atoms with E-state index in [0.717, 1.165) is 10.9 Å². The van der Waals surface area contributed by atoms with E-state index in [1.54, 1.807) is 29.5 Å². The van der Waals surface area contributed by atoms with Crippen LogP contribution >= 0.6 is 38.9 Å². The molecule has 1 aromatic carbocycles. The Labute approximate surface area is 129 Å². The van der Waals surface area contributed by atoms with Gasteiger partial charge in [-0.15, -0.1) is 11.3 Å². The summed E-state index contributed by atoms with van der Waals surface area (Å²) in [7, 11) is 0. The first-order chi connectivity index (χ1) is 9.11. The normalized spacial score (nSPS) is 10.5. The van der Waals surface area contributed by atoms with Crippen molar-refractivity contribution in [2.24, 2.45) is 0 Å². The van der Waals surface area contributed by atoms with Crippen molar-refractivity contribution >= 4 is 44.8 Å². The number of halogens is 2. The van der Waals surface area contributed by atoms with Gasteiger partial charge in [0.05, 0.1) is 11.6 Å². The van der Waals surface area contributed by atoms with E-state index in [0.29, 0.717) is 17.1 Å². The lowest BCUT2D eigenvalue weighted by molar-refractivity contribution is 0.0951. The lowest BCUT2D eigenvalue weighted by Crippen LogP contribution is -2.22. The molecule has 0 saturated carbocycles. The summed E-state index contributed by atoms with van der Waals surface area (Å²) in [6, 6.07) is 7.29. The van der Waals surface area contributed by atoms with Gasteiger partial charge in [-0.05, 0) is 57.6 Å². The molecule has 5 heteroatoms. The second kappa shape index (κ2) is 6.55. The van der Waals surface area contributed by atoms with Crippen LogP contribution in [0.5, 0.6) is 0 Å². The minimum Gasteiger partial charge on any atom is -0.347 e. The first-order valence-electron chi connectivity index (χ1n) is 5.90. The molecule has 0 aliphatic heterocycles. The maximum absolute atomic E-state index is 12.0. The molecular formula is C14H13BrClNOS. The number of thiophene rings is 1. The molecule has 100 valence electrons. The fourth-order valence-corrected chi connectivity index (χ4v) is 3.08. The largest absolute Gasteiger partial charge is 0.347 e.